The van der Waals surface area contributed by atoms with Gasteiger partial charge in [-0.2, -0.15) is 0 Å². The summed E-state index contributed by atoms with van der Waals surface area (Å²) < 4.78 is 17.8. The molecule has 0 aromatic heterocycles. The van der Waals surface area contributed by atoms with Crippen molar-refractivity contribution in [2.24, 2.45) is 0 Å². The number of ether oxygens (including phenoxy) is 1. The molecule has 1 N–H and O–H groups in total. The summed E-state index contributed by atoms with van der Waals surface area (Å²) in [4.78, 5) is 0. The predicted octanol–water partition coefficient (Wildman–Crippen LogP) is 2.10. The fourth-order valence-corrected chi connectivity index (χ4v) is 0.761. The molecule has 1 atom stereocenters. The van der Waals surface area contributed by atoms with Crippen LogP contribution in [0.3, 0.4) is 0 Å². The van der Waals surface area contributed by atoms with E-state index in [9.17, 15) is 9.50 Å². The van der Waals surface area contributed by atoms with E-state index in [1.165, 1.54) is 12.1 Å². The van der Waals surface area contributed by atoms with E-state index in [0.717, 1.165) is 0 Å². The third-order valence-corrected chi connectivity index (χ3v) is 1.50. The van der Waals surface area contributed by atoms with Crippen LogP contribution >= 0.6 is 0 Å². The Hall–Kier alpha value is -1.35. The zero-order valence-corrected chi connectivity index (χ0v) is 7.33. The Morgan fingerprint density at radius 2 is 2.15 bits per heavy atom. The summed E-state index contributed by atoms with van der Waals surface area (Å²) in [7, 11) is 0. The normalized spacial score (nSPS) is 12.2. The van der Waals surface area contributed by atoms with Gasteiger partial charge in [-0.25, -0.2) is 4.39 Å². The Balaban J connectivity index is 2.74. The van der Waals surface area contributed by atoms with Gasteiger partial charge in [-0.15, -0.1) is 0 Å². The zero-order valence-electron chi connectivity index (χ0n) is 7.33. The fraction of sp³-hybridized carbons (Fsp3) is 0.200. The molecule has 2 nitrogen and oxygen atoms in total. The van der Waals surface area contributed by atoms with Crippen LogP contribution in [0.25, 0.3) is 0 Å². The number of para-hydroxylation sites is 1. The SMILES string of the molecule is C=C(C)C(O)Oc1ccccc1F. The van der Waals surface area contributed by atoms with Crippen LogP contribution in [0.2, 0.25) is 0 Å². The average molecular weight is 182 g/mol. The Morgan fingerprint density at radius 3 is 2.69 bits per heavy atom. The van der Waals surface area contributed by atoms with E-state index < -0.39 is 12.1 Å². The molecule has 0 saturated heterocycles. The monoisotopic (exact) mass is 182 g/mol. The second-order valence-corrected chi connectivity index (χ2v) is 2.75. The second-order valence-electron chi connectivity index (χ2n) is 2.75. The van der Waals surface area contributed by atoms with E-state index in [1.807, 2.05) is 0 Å². The Labute approximate surface area is 76.3 Å². The first-order valence-corrected chi connectivity index (χ1v) is 3.86. The van der Waals surface area contributed by atoms with Gasteiger partial charge in [0.05, 0.1) is 0 Å². The Morgan fingerprint density at radius 1 is 1.54 bits per heavy atom. The molecule has 0 radical (unpaired) electrons. The first-order valence-electron chi connectivity index (χ1n) is 3.86. The first-order chi connectivity index (χ1) is 6.11. The zero-order chi connectivity index (χ0) is 9.84. The van der Waals surface area contributed by atoms with Crippen molar-refractivity contribution < 1.29 is 14.2 Å². The van der Waals surface area contributed by atoms with Crippen LogP contribution < -0.4 is 4.74 Å². The number of aliphatic hydroxyl groups is 1. The molecule has 1 aromatic rings. The molecule has 1 aromatic carbocycles. The molecule has 1 rings (SSSR count). The van der Waals surface area contributed by atoms with Crippen molar-refractivity contribution in [1.82, 2.24) is 0 Å². The lowest BCUT2D eigenvalue weighted by Gasteiger charge is -2.13. The van der Waals surface area contributed by atoms with Crippen molar-refractivity contribution in [2.75, 3.05) is 0 Å². The van der Waals surface area contributed by atoms with Crippen LogP contribution in [-0.4, -0.2) is 11.4 Å². The smallest absolute Gasteiger partial charge is 0.219 e. The summed E-state index contributed by atoms with van der Waals surface area (Å²) in [6.07, 6.45) is -1.16. The molecular weight excluding hydrogens is 171 g/mol. The van der Waals surface area contributed by atoms with E-state index in [1.54, 1.807) is 19.1 Å². The molecular formula is C10H11FO2. The predicted molar refractivity (Wildman–Crippen MR) is 47.8 cm³/mol. The van der Waals surface area contributed by atoms with E-state index in [4.69, 9.17) is 4.74 Å². The highest BCUT2D eigenvalue weighted by molar-refractivity contribution is 5.24. The molecule has 0 bridgehead atoms. The standard InChI is InChI=1S/C10H11FO2/c1-7(2)10(12)13-9-6-4-3-5-8(9)11/h3-6,10,12H,1H2,2H3. The minimum Gasteiger partial charge on any atom is -0.458 e. The third-order valence-electron chi connectivity index (χ3n) is 1.50. The molecule has 0 fully saturated rings. The minimum atomic E-state index is -1.16. The van der Waals surface area contributed by atoms with Gasteiger partial charge in [-0.3, -0.25) is 0 Å². The van der Waals surface area contributed by atoms with Crippen molar-refractivity contribution in [2.45, 2.75) is 13.2 Å². The maximum absolute atomic E-state index is 12.9. The van der Waals surface area contributed by atoms with Crippen molar-refractivity contribution >= 4 is 0 Å². The Kier molecular flexibility index (Phi) is 3.03. The van der Waals surface area contributed by atoms with E-state index in [2.05, 4.69) is 6.58 Å². The lowest BCUT2D eigenvalue weighted by molar-refractivity contribution is 0.0122. The molecule has 0 spiro atoms. The number of halogens is 1. The van der Waals surface area contributed by atoms with Gasteiger partial charge in [-0.05, 0) is 24.6 Å². The van der Waals surface area contributed by atoms with Crippen LogP contribution in [0.15, 0.2) is 36.4 Å². The van der Waals surface area contributed by atoms with Gasteiger partial charge in [0.15, 0.2) is 11.6 Å². The quantitative estimate of drug-likeness (QED) is 0.573. The van der Waals surface area contributed by atoms with E-state index in [-0.39, 0.29) is 5.75 Å². The van der Waals surface area contributed by atoms with Gasteiger partial charge in [0, 0.05) is 0 Å². The molecule has 0 aliphatic carbocycles. The number of hydrogen-bond donors (Lipinski definition) is 1. The maximum atomic E-state index is 12.9. The van der Waals surface area contributed by atoms with Crippen LogP contribution in [-0.2, 0) is 0 Å². The number of rotatable bonds is 3. The Bertz CT molecular complexity index is 310. The highest BCUT2D eigenvalue weighted by atomic mass is 19.1. The third kappa shape index (κ3) is 2.56. The van der Waals surface area contributed by atoms with Gasteiger partial charge in [0.2, 0.25) is 6.29 Å². The summed E-state index contributed by atoms with van der Waals surface area (Å²) in [6, 6.07) is 5.89. The molecule has 0 aliphatic rings. The molecule has 13 heavy (non-hydrogen) atoms. The van der Waals surface area contributed by atoms with Crippen molar-refractivity contribution in [3.8, 4) is 5.75 Å². The fourth-order valence-electron chi connectivity index (χ4n) is 0.761. The van der Waals surface area contributed by atoms with Crippen LogP contribution in [0.4, 0.5) is 4.39 Å². The highest BCUT2D eigenvalue weighted by Gasteiger charge is 2.08. The van der Waals surface area contributed by atoms with Crippen LogP contribution in [0.5, 0.6) is 5.75 Å². The van der Waals surface area contributed by atoms with Crippen molar-refractivity contribution in [3.63, 3.8) is 0 Å². The van der Waals surface area contributed by atoms with Crippen molar-refractivity contribution in [1.29, 1.82) is 0 Å². The topological polar surface area (TPSA) is 29.5 Å². The number of hydrogen-bond acceptors (Lipinski definition) is 2. The molecule has 0 aliphatic heterocycles. The van der Waals surface area contributed by atoms with Gasteiger partial charge in [0.1, 0.15) is 0 Å². The second kappa shape index (κ2) is 4.05. The summed E-state index contributed by atoms with van der Waals surface area (Å²) in [5, 5.41) is 9.22. The first kappa shape index (κ1) is 9.74. The molecule has 0 saturated carbocycles. The summed E-state index contributed by atoms with van der Waals surface area (Å²) in [5.74, 6) is -0.471. The summed E-state index contributed by atoms with van der Waals surface area (Å²) in [5.41, 5.74) is 0.434. The van der Waals surface area contributed by atoms with Crippen LogP contribution in [0.1, 0.15) is 6.92 Å². The average Bonchev–Trinajstić information content (AvgIpc) is 2.08. The highest BCUT2D eigenvalue weighted by Crippen LogP contribution is 2.17. The molecule has 3 heteroatoms. The van der Waals surface area contributed by atoms with Gasteiger partial charge in [0.25, 0.3) is 0 Å². The largest absolute Gasteiger partial charge is 0.458 e. The van der Waals surface area contributed by atoms with Gasteiger partial charge in [-0.1, -0.05) is 18.7 Å². The lowest BCUT2D eigenvalue weighted by atomic mass is 10.3. The molecule has 70 valence electrons. The maximum Gasteiger partial charge on any atom is 0.219 e. The summed E-state index contributed by atoms with van der Waals surface area (Å²) >= 11 is 0. The van der Waals surface area contributed by atoms with Crippen molar-refractivity contribution in [3.05, 3.63) is 42.2 Å². The molecule has 1 unspecified atom stereocenters. The number of aliphatic hydroxyl groups excluding tert-OH is 1. The summed E-state index contributed by atoms with van der Waals surface area (Å²) in [6.45, 7) is 5.09. The lowest BCUT2D eigenvalue weighted by Crippen LogP contribution is -2.16. The van der Waals surface area contributed by atoms with E-state index in [0.29, 0.717) is 5.57 Å². The van der Waals surface area contributed by atoms with Gasteiger partial charge >= 0.3 is 0 Å². The van der Waals surface area contributed by atoms with E-state index >= 15 is 0 Å². The van der Waals surface area contributed by atoms with Crippen LogP contribution in [0, 0.1) is 5.82 Å². The number of benzene rings is 1. The van der Waals surface area contributed by atoms with Gasteiger partial charge < -0.3 is 9.84 Å². The molecule has 0 amide bonds. The minimum absolute atomic E-state index is 0.0259. The molecule has 0 heterocycles.